The maximum Gasteiger partial charge on any atom is 0.160 e. The number of hydrogen-bond donors (Lipinski definition) is 0. The van der Waals surface area contributed by atoms with Crippen LogP contribution in [0.25, 0.3) is 203 Å². The maximum atomic E-state index is 5.30. The number of pyridine rings is 6. The van der Waals surface area contributed by atoms with Gasteiger partial charge in [-0.15, -0.1) is 0 Å². The molecule has 14 nitrogen and oxygen atoms in total. The molecule has 0 unspecified atom stereocenters. The van der Waals surface area contributed by atoms with E-state index in [1.54, 1.807) is 18.6 Å². The highest BCUT2D eigenvalue weighted by Gasteiger charge is 2.22. The number of hydrogen-bond acceptors (Lipinski definition) is 14. The molecule has 10 heterocycles. The van der Waals surface area contributed by atoms with E-state index >= 15 is 0 Å². The van der Waals surface area contributed by atoms with Gasteiger partial charge in [-0.3, -0.25) is 19.9 Å². The molecule has 564 valence electrons. The zero-order valence-electron chi connectivity index (χ0n) is 64.7. The van der Waals surface area contributed by atoms with Crippen LogP contribution in [0.15, 0.2) is 425 Å². The Kier molecular flexibility index (Phi) is 21.0. The zero-order valence-corrected chi connectivity index (χ0v) is 64.7. The van der Waals surface area contributed by atoms with Gasteiger partial charge in [-0.25, -0.2) is 49.8 Å². The number of aromatic nitrogens is 14. The van der Waals surface area contributed by atoms with Crippen molar-refractivity contribution in [2.24, 2.45) is 0 Å². The molecule has 0 atom stereocenters. The molecule has 0 fully saturated rings. The van der Waals surface area contributed by atoms with E-state index in [1.165, 1.54) is 0 Å². The summed E-state index contributed by atoms with van der Waals surface area (Å²) >= 11 is 0. The molecule has 20 rings (SSSR count). The van der Waals surface area contributed by atoms with Gasteiger partial charge in [0.05, 0.1) is 91.1 Å². The van der Waals surface area contributed by atoms with E-state index in [-0.39, 0.29) is 0 Å². The maximum absolute atomic E-state index is 5.30. The van der Waals surface area contributed by atoms with Crippen LogP contribution in [0.1, 0.15) is 0 Å². The first-order valence-corrected chi connectivity index (χ1v) is 39.4. The van der Waals surface area contributed by atoms with Crippen LogP contribution in [-0.4, -0.2) is 69.8 Å². The minimum absolute atomic E-state index is 0.595. The Morgan fingerprint density at radius 2 is 0.350 bits per heavy atom. The molecule has 0 aliphatic heterocycles. The predicted molar refractivity (Wildman–Crippen MR) is 480 cm³/mol. The van der Waals surface area contributed by atoms with Crippen LogP contribution in [0, 0.1) is 0 Å². The molecular formula is C106H70N14. The Hall–Kier alpha value is -16.6. The van der Waals surface area contributed by atoms with E-state index in [1.807, 2.05) is 285 Å². The standard InChI is InChI=1S/2C53H35N7/c1-6-17-36(18-7-1)42-32-49(48-31-41(28-30-54-48)53-58-44(37-19-8-2-9-20-37)34-45(59-53)38-21-10-3-11-22-38)56-50(33-42)51-43(27-16-29-55-51)47-35-46(39-23-12-4-13-24-39)57-52(60-47)40-25-14-5-15-26-40;1-6-16-36(17-7-1)43-32-50(48-30-41(26-28-54-48)47-35-46(39-22-12-4-13-23-39)57-52(60-47)40-24-14-5-15-25-40)56-51(33-43)49-31-42(27-29-55-49)53-58-44(37-18-8-2-9-19-37)34-45(59-53)38-20-10-3-11-21-38/h2*1-35H. The monoisotopic (exact) mass is 1540 g/mol. The Morgan fingerprint density at radius 1 is 0.117 bits per heavy atom. The van der Waals surface area contributed by atoms with Crippen molar-refractivity contribution in [2.45, 2.75) is 0 Å². The SMILES string of the molecule is c1ccc(-c2cc(-c3cc(-c4cc(-c5ccccc5)nc(-c5ccccc5)n4)ccn3)nc(-c3cc(-c4nc(-c5ccccc5)cc(-c5ccccc5)n4)ccn3)c2)cc1.c1ccc(-c2cc(-c3cc(-c4nc(-c5ccccc5)cc(-c5ccccc5)n4)ccn3)nc(-c3ncccc3-c3cc(-c4ccccc4)nc(-c4ccccc4)n3)c2)cc1. The quantitative estimate of drug-likeness (QED) is 0.0791. The van der Waals surface area contributed by atoms with Crippen molar-refractivity contribution in [3.8, 4) is 203 Å². The number of rotatable bonds is 18. The summed E-state index contributed by atoms with van der Waals surface area (Å²) in [4.78, 5) is 70.6. The van der Waals surface area contributed by atoms with Gasteiger partial charge in [-0.1, -0.05) is 303 Å². The first-order valence-electron chi connectivity index (χ1n) is 39.4. The van der Waals surface area contributed by atoms with E-state index in [9.17, 15) is 0 Å². The second-order valence-corrected chi connectivity index (χ2v) is 28.4. The van der Waals surface area contributed by atoms with Crippen LogP contribution in [-0.2, 0) is 0 Å². The van der Waals surface area contributed by atoms with Crippen molar-refractivity contribution in [1.82, 2.24) is 69.8 Å². The van der Waals surface area contributed by atoms with Crippen LogP contribution < -0.4 is 0 Å². The normalized spacial score (nSPS) is 11.0. The average molecular weight is 1540 g/mol. The second-order valence-electron chi connectivity index (χ2n) is 28.4. The second kappa shape index (κ2) is 34.2. The van der Waals surface area contributed by atoms with E-state index in [0.717, 1.165) is 135 Å². The van der Waals surface area contributed by atoms with E-state index in [4.69, 9.17) is 69.8 Å². The van der Waals surface area contributed by atoms with Crippen LogP contribution in [0.3, 0.4) is 0 Å². The van der Waals surface area contributed by atoms with Gasteiger partial charge in [0, 0.05) is 91.5 Å². The molecule has 0 N–H and O–H groups in total. The molecule has 10 aromatic carbocycles. The molecule has 14 heteroatoms. The summed E-state index contributed by atoms with van der Waals surface area (Å²) in [5, 5.41) is 0. The highest BCUT2D eigenvalue weighted by molar-refractivity contribution is 5.86. The van der Waals surface area contributed by atoms with Crippen molar-refractivity contribution < 1.29 is 0 Å². The molecule has 0 aliphatic carbocycles. The summed E-state index contributed by atoms with van der Waals surface area (Å²) in [6.45, 7) is 0. The van der Waals surface area contributed by atoms with Crippen LogP contribution >= 0.6 is 0 Å². The first-order chi connectivity index (χ1) is 59.4. The highest BCUT2D eigenvalue weighted by Crippen LogP contribution is 2.40. The third-order valence-corrected chi connectivity index (χ3v) is 20.5. The van der Waals surface area contributed by atoms with Gasteiger partial charge in [-0.05, 0) is 119 Å². The van der Waals surface area contributed by atoms with Crippen molar-refractivity contribution in [1.29, 1.82) is 0 Å². The Morgan fingerprint density at radius 3 is 0.675 bits per heavy atom. The Bertz CT molecular complexity index is 6570. The van der Waals surface area contributed by atoms with Gasteiger partial charge < -0.3 is 0 Å². The van der Waals surface area contributed by atoms with Crippen molar-refractivity contribution in [3.05, 3.63) is 425 Å². The van der Waals surface area contributed by atoms with Crippen LogP contribution in [0.4, 0.5) is 0 Å². The van der Waals surface area contributed by atoms with E-state index < -0.39 is 0 Å². The lowest BCUT2D eigenvalue weighted by Crippen LogP contribution is -2.00. The van der Waals surface area contributed by atoms with Crippen LogP contribution in [0.5, 0.6) is 0 Å². The van der Waals surface area contributed by atoms with Gasteiger partial charge in [0.2, 0.25) is 0 Å². The van der Waals surface area contributed by atoms with Gasteiger partial charge in [0.25, 0.3) is 0 Å². The molecule has 10 aromatic heterocycles. The van der Waals surface area contributed by atoms with Crippen molar-refractivity contribution in [2.75, 3.05) is 0 Å². The lowest BCUT2D eigenvalue weighted by Gasteiger charge is -2.14. The van der Waals surface area contributed by atoms with Gasteiger partial charge in [0.15, 0.2) is 23.3 Å². The lowest BCUT2D eigenvalue weighted by atomic mass is 9.99. The molecule has 0 saturated carbocycles. The van der Waals surface area contributed by atoms with Crippen LogP contribution in [0.2, 0.25) is 0 Å². The first kappa shape index (κ1) is 73.6. The predicted octanol–water partition coefficient (Wildman–Crippen LogP) is 24.9. The smallest absolute Gasteiger partial charge is 0.160 e. The third kappa shape index (κ3) is 16.6. The van der Waals surface area contributed by atoms with Gasteiger partial charge in [-0.2, -0.15) is 0 Å². The van der Waals surface area contributed by atoms with Gasteiger partial charge >= 0.3 is 0 Å². The molecule has 20 aromatic rings. The summed E-state index contributed by atoms with van der Waals surface area (Å²) < 4.78 is 0. The molecule has 0 aliphatic rings. The van der Waals surface area contributed by atoms with Gasteiger partial charge in [0.1, 0.15) is 0 Å². The largest absolute Gasteiger partial charge is 0.255 e. The van der Waals surface area contributed by atoms with E-state index in [2.05, 4.69) is 121 Å². The fourth-order valence-corrected chi connectivity index (χ4v) is 14.4. The summed E-state index contributed by atoms with van der Waals surface area (Å²) in [5.74, 6) is 2.47. The Balaban J connectivity index is 0.000000159. The zero-order chi connectivity index (χ0) is 80.2. The van der Waals surface area contributed by atoms with Crippen molar-refractivity contribution in [3.63, 3.8) is 0 Å². The molecule has 0 spiro atoms. The molecular weight excluding hydrogens is 1470 g/mol. The summed E-state index contributed by atoms with van der Waals surface area (Å²) in [7, 11) is 0. The molecule has 0 saturated heterocycles. The number of benzene rings is 10. The minimum atomic E-state index is 0.595. The molecule has 0 radical (unpaired) electrons. The summed E-state index contributed by atoms with van der Waals surface area (Å²) in [6.07, 6.45) is 7.21. The average Bonchev–Trinajstić information content (AvgIpc) is 0.801. The minimum Gasteiger partial charge on any atom is -0.255 e. The molecule has 0 amide bonds. The summed E-state index contributed by atoms with van der Waals surface area (Å²) in [5.41, 5.74) is 27.4. The summed E-state index contributed by atoms with van der Waals surface area (Å²) in [6, 6.07) is 134. The molecule has 120 heavy (non-hydrogen) atoms. The fraction of sp³-hybridized carbons (Fsp3) is 0. The third-order valence-electron chi connectivity index (χ3n) is 20.5. The lowest BCUT2D eigenvalue weighted by molar-refractivity contribution is 1.16. The Labute approximate surface area is 694 Å². The topological polar surface area (TPSA) is 180 Å². The molecule has 0 bridgehead atoms. The number of nitrogens with zero attached hydrogens (tertiary/aromatic N) is 14. The van der Waals surface area contributed by atoms with Crippen molar-refractivity contribution >= 4 is 0 Å². The van der Waals surface area contributed by atoms with E-state index in [0.29, 0.717) is 68.8 Å². The highest BCUT2D eigenvalue weighted by atomic mass is 14.9. The fourth-order valence-electron chi connectivity index (χ4n) is 14.4.